The lowest BCUT2D eigenvalue weighted by Gasteiger charge is -2.23. The number of amides is 1. The largest absolute Gasteiger partial charge is 0.507 e. The highest BCUT2D eigenvalue weighted by molar-refractivity contribution is 7.17. The summed E-state index contributed by atoms with van der Waals surface area (Å²) in [4.78, 5) is 45.1. The molecule has 2 aliphatic heterocycles. The molecule has 2 atom stereocenters. The number of hydrogen-bond donors (Lipinski definition) is 1. The number of hydrogen-bond acceptors (Lipinski definition) is 9. The Morgan fingerprint density at radius 1 is 1.21 bits per heavy atom. The van der Waals surface area contributed by atoms with Crippen molar-refractivity contribution in [2.45, 2.75) is 45.8 Å². The SMILES string of the molecule is CCCOc1ccc(C2C(=C(O)c3ccc4c(c3)CC(C)O4)C(=O)C(=O)N2c2nc(C)c(C(=O)OC)s2)cc1. The summed E-state index contributed by atoms with van der Waals surface area (Å²) in [6.07, 6.45) is 1.52. The van der Waals surface area contributed by atoms with Crippen LogP contribution in [-0.2, 0) is 20.7 Å². The van der Waals surface area contributed by atoms with Gasteiger partial charge in [0.05, 0.1) is 31.0 Å². The number of carbonyl (C=O) groups excluding carboxylic acids is 3. The number of benzene rings is 2. The molecule has 10 heteroatoms. The molecule has 0 aliphatic carbocycles. The zero-order valence-electron chi connectivity index (χ0n) is 22.0. The number of aromatic nitrogens is 1. The van der Waals surface area contributed by atoms with Gasteiger partial charge in [-0.25, -0.2) is 9.78 Å². The quantitative estimate of drug-likeness (QED) is 0.190. The minimum Gasteiger partial charge on any atom is -0.507 e. The minimum absolute atomic E-state index is 0.00793. The highest BCUT2D eigenvalue weighted by Gasteiger charge is 2.48. The van der Waals surface area contributed by atoms with E-state index in [0.717, 1.165) is 29.1 Å². The topological polar surface area (TPSA) is 115 Å². The molecular formula is C29H28N2O7S. The van der Waals surface area contributed by atoms with E-state index in [1.54, 1.807) is 49.4 Å². The van der Waals surface area contributed by atoms with Gasteiger partial charge in [-0.15, -0.1) is 0 Å². The Hall–Kier alpha value is -4.18. The van der Waals surface area contributed by atoms with E-state index in [1.165, 1.54) is 12.0 Å². The number of ketones is 1. The van der Waals surface area contributed by atoms with Crippen LogP contribution in [0, 0.1) is 6.92 Å². The third kappa shape index (κ3) is 4.76. The van der Waals surface area contributed by atoms with Gasteiger partial charge in [-0.1, -0.05) is 30.4 Å². The van der Waals surface area contributed by atoms with Crippen LogP contribution in [0.3, 0.4) is 0 Å². The van der Waals surface area contributed by atoms with Crippen molar-refractivity contribution in [2.75, 3.05) is 18.6 Å². The van der Waals surface area contributed by atoms with Crippen molar-refractivity contribution in [3.8, 4) is 11.5 Å². The number of carbonyl (C=O) groups is 3. The molecule has 1 saturated heterocycles. The summed E-state index contributed by atoms with van der Waals surface area (Å²) in [6.45, 7) is 6.14. The number of fused-ring (bicyclic) bond motifs is 1. The van der Waals surface area contributed by atoms with Gasteiger partial charge in [0.2, 0.25) is 0 Å². The first kappa shape index (κ1) is 26.4. The van der Waals surface area contributed by atoms with Crippen molar-refractivity contribution < 1.29 is 33.7 Å². The maximum Gasteiger partial charge on any atom is 0.350 e. The van der Waals surface area contributed by atoms with Gasteiger partial charge in [-0.3, -0.25) is 14.5 Å². The molecule has 2 unspecified atom stereocenters. The molecule has 0 radical (unpaired) electrons. The van der Waals surface area contributed by atoms with Crippen molar-refractivity contribution in [1.82, 2.24) is 4.98 Å². The van der Waals surface area contributed by atoms with Gasteiger partial charge in [0.1, 0.15) is 28.2 Å². The van der Waals surface area contributed by atoms with E-state index in [0.29, 0.717) is 35.6 Å². The molecule has 0 bridgehead atoms. The molecule has 5 rings (SSSR count). The fourth-order valence-electron chi connectivity index (χ4n) is 4.80. The van der Waals surface area contributed by atoms with E-state index in [9.17, 15) is 19.5 Å². The average molecular weight is 549 g/mol. The minimum atomic E-state index is -0.982. The van der Waals surface area contributed by atoms with Crippen LogP contribution in [0.5, 0.6) is 11.5 Å². The average Bonchev–Trinajstić information content (AvgIpc) is 3.58. The fraction of sp³-hybridized carbons (Fsp3) is 0.310. The van der Waals surface area contributed by atoms with Crippen molar-refractivity contribution in [3.63, 3.8) is 0 Å². The van der Waals surface area contributed by atoms with E-state index >= 15 is 0 Å². The van der Waals surface area contributed by atoms with Gasteiger partial charge >= 0.3 is 11.9 Å². The Balaban J connectivity index is 1.65. The van der Waals surface area contributed by atoms with E-state index in [4.69, 9.17) is 14.2 Å². The fourth-order valence-corrected chi connectivity index (χ4v) is 5.82. The number of nitrogens with zero attached hydrogens (tertiary/aromatic N) is 2. The monoisotopic (exact) mass is 548 g/mol. The van der Waals surface area contributed by atoms with Gasteiger partial charge in [0, 0.05) is 12.0 Å². The Morgan fingerprint density at radius 2 is 1.95 bits per heavy atom. The van der Waals surface area contributed by atoms with E-state index in [2.05, 4.69) is 4.98 Å². The summed E-state index contributed by atoms with van der Waals surface area (Å²) < 4.78 is 16.3. The first-order chi connectivity index (χ1) is 18.7. The molecule has 39 heavy (non-hydrogen) atoms. The van der Waals surface area contributed by atoms with Crippen molar-refractivity contribution in [2.24, 2.45) is 0 Å². The number of aliphatic hydroxyl groups excluding tert-OH is 1. The highest BCUT2D eigenvalue weighted by atomic mass is 32.1. The van der Waals surface area contributed by atoms with Crippen LogP contribution >= 0.6 is 11.3 Å². The molecule has 1 N–H and O–H groups in total. The molecule has 202 valence electrons. The second-order valence-electron chi connectivity index (χ2n) is 9.44. The molecular weight excluding hydrogens is 520 g/mol. The number of rotatable bonds is 7. The molecule has 3 aromatic rings. The zero-order valence-corrected chi connectivity index (χ0v) is 22.8. The van der Waals surface area contributed by atoms with E-state index in [-0.39, 0.29) is 27.4 Å². The van der Waals surface area contributed by atoms with Gasteiger partial charge in [-0.2, -0.15) is 0 Å². The van der Waals surface area contributed by atoms with E-state index < -0.39 is 23.7 Å². The number of ether oxygens (including phenoxy) is 3. The molecule has 9 nitrogen and oxygen atoms in total. The third-order valence-corrected chi connectivity index (χ3v) is 7.78. The maximum atomic E-state index is 13.5. The maximum absolute atomic E-state index is 13.5. The molecule has 2 aromatic carbocycles. The van der Waals surface area contributed by atoms with Crippen LogP contribution in [0.4, 0.5) is 5.13 Å². The highest BCUT2D eigenvalue weighted by Crippen LogP contribution is 2.44. The molecule has 0 spiro atoms. The number of aliphatic hydroxyl groups is 1. The summed E-state index contributed by atoms with van der Waals surface area (Å²) in [5, 5.41) is 11.6. The first-order valence-electron chi connectivity index (χ1n) is 12.6. The predicted octanol–water partition coefficient (Wildman–Crippen LogP) is 4.98. The van der Waals surface area contributed by atoms with Crippen LogP contribution < -0.4 is 14.4 Å². The number of methoxy groups -OCH3 is 1. The van der Waals surface area contributed by atoms with Gasteiger partial charge < -0.3 is 19.3 Å². The van der Waals surface area contributed by atoms with Gasteiger partial charge in [-0.05, 0) is 61.7 Å². The summed E-state index contributed by atoms with van der Waals surface area (Å²) >= 11 is 0.956. The number of thiazole rings is 1. The molecule has 3 heterocycles. The Bertz CT molecular complexity index is 1490. The summed E-state index contributed by atoms with van der Waals surface area (Å²) in [7, 11) is 1.26. The molecule has 1 fully saturated rings. The third-order valence-electron chi connectivity index (χ3n) is 6.64. The van der Waals surface area contributed by atoms with E-state index in [1.807, 2.05) is 13.8 Å². The number of Topliss-reactive ketones (excluding diaryl/α,β-unsaturated/α-hetero) is 1. The Kier molecular flexibility index (Phi) is 7.14. The van der Waals surface area contributed by atoms with Crippen LogP contribution in [0.1, 0.15) is 58.4 Å². The van der Waals surface area contributed by atoms with Crippen LogP contribution in [0.15, 0.2) is 48.0 Å². The van der Waals surface area contributed by atoms with Crippen LogP contribution in [0.25, 0.3) is 5.76 Å². The van der Waals surface area contributed by atoms with Gasteiger partial charge in [0.25, 0.3) is 5.78 Å². The van der Waals surface area contributed by atoms with Crippen molar-refractivity contribution in [1.29, 1.82) is 0 Å². The molecule has 0 saturated carbocycles. The number of anilines is 1. The summed E-state index contributed by atoms with van der Waals surface area (Å²) in [5.74, 6) is -1.21. The first-order valence-corrected chi connectivity index (χ1v) is 13.4. The van der Waals surface area contributed by atoms with Crippen molar-refractivity contribution >= 4 is 39.9 Å². The standard InChI is InChI=1S/C29H28N2O7S/c1-5-12-37-20-9-6-17(7-10-20)23-22(24(32)18-8-11-21-19(14-18)13-15(2)38-21)25(33)27(34)31(23)29-30-16(3)26(39-29)28(35)36-4/h6-11,14-15,23,32H,5,12-13H2,1-4H3. The Morgan fingerprint density at radius 3 is 2.64 bits per heavy atom. The second kappa shape index (κ2) is 10.5. The zero-order chi connectivity index (χ0) is 27.8. The lowest BCUT2D eigenvalue weighted by molar-refractivity contribution is -0.132. The summed E-state index contributed by atoms with van der Waals surface area (Å²) in [5.41, 5.74) is 2.20. The second-order valence-corrected chi connectivity index (χ2v) is 10.4. The smallest absolute Gasteiger partial charge is 0.350 e. The molecule has 2 aliphatic rings. The van der Waals surface area contributed by atoms with Crippen LogP contribution in [-0.4, -0.2) is 47.6 Å². The lowest BCUT2D eigenvalue weighted by atomic mass is 9.94. The van der Waals surface area contributed by atoms with Crippen LogP contribution in [0.2, 0.25) is 0 Å². The lowest BCUT2D eigenvalue weighted by Crippen LogP contribution is -2.29. The Labute approximate surface area is 229 Å². The van der Waals surface area contributed by atoms with Gasteiger partial charge in [0.15, 0.2) is 5.13 Å². The normalized spacial score (nSPS) is 19.6. The number of aryl methyl sites for hydroxylation is 1. The molecule has 1 amide bonds. The molecule has 1 aromatic heterocycles. The number of esters is 1. The van der Waals surface area contributed by atoms with Crippen molar-refractivity contribution in [3.05, 3.63) is 75.3 Å². The summed E-state index contributed by atoms with van der Waals surface area (Å²) in [6, 6.07) is 11.2. The predicted molar refractivity (Wildman–Crippen MR) is 145 cm³/mol.